The number of carbonyl (C=O) groups is 1. The Labute approximate surface area is 93.5 Å². The molecule has 0 saturated heterocycles. The van der Waals surface area contributed by atoms with Gasteiger partial charge in [-0.3, -0.25) is 0 Å². The van der Waals surface area contributed by atoms with E-state index in [-0.39, 0.29) is 5.97 Å². The molecule has 3 rings (SSSR count). The minimum absolute atomic E-state index is 0.328. The maximum atomic E-state index is 11.5. The van der Waals surface area contributed by atoms with Gasteiger partial charge in [0, 0.05) is 5.92 Å². The molecule has 0 amide bonds. The zero-order chi connectivity index (χ0) is 11.0. The number of esters is 1. The minimum atomic E-state index is -0.328. The number of benzene rings is 1. The van der Waals surface area contributed by atoms with Crippen molar-refractivity contribution in [1.29, 1.82) is 0 Å². The second-order valence-electron chi connectivity index (χ2n) is 4.05. The highest BCUT2D eigenvalue weighted by Gasteiger charge is 2.35. The highest BCUT2D eigenvalue weighted by atomic mass is 16.6. The van der Waals surface area contributed by atoms with Crippen LogP contribution in [0.15, 0.2) is 41.0 Å². The van der Waals surface area contributed by atoms with Gasteiger partial charge in [-0.2, -0.15) is 0 Å². The zero-order valence-corrected chi connectivity index (χ0v) is 8.72. The third-order valence-corrected chi connectivity index (χ3v) is 2.67. The molecule has 2 aliphatic rings. The average molecular weight is 213 g/mol. The van der Waals surface area contributed by atoms with E-state index in [4.69, 9.17) is 4.74 Å². The molecule has 1 aromatic rings. The van der Waals surface area contributed by atoms with Crippen molar-refractivity contribution in [3.8, 4) is 0 Å². The number of nitrogens with zero attached hydrogens (tertiary/aromatic N) is 1. The van der Waals surface area contributed by atoms with Crippen molar-refractivity contribution < 1.29 is 9.53 Å². The molecule has 0 bridgehead atoms. The third kappa shape index (κ3) is 1.76. The molecule has 1 heterocycles. The fourth-order valence-electron chi connectivity index (χ4n) is 1.64. The Balaban J connectivity index is 1.89. The Morgan fingerprint density at radius 2 is 2.00 bits per heavy atom. The Morgan fingerprint density at radius 1 is 1.25 bits per heavy atom. The smallest absolute Gasteiger partial charge is 0.363 e. The van der Waals surface area contributed by atoms with Gasteiger partial charge in [0.1, 0.15) is 0 Å². The first kappa shape index (κ1) is 9.33. The van der Waals surface area contributed by atoms with Gasteiger partial charge in [-0.1, -0.05) is 30.3 Å². The molecule has 80 valence electrons. The van der Waals surface area contributed by atoms with Crippen LogP contribution in [0.1, 0.15) is 18.4 Å². The summed E-state index contributed by atoms with van der Waals surface area (Å²) in [5.74, 6) is 0.656. The number of cyclic esters (lactones) is 1. The molecule has 1 saturated carbocycles. The topological polar surface area (TPSA) is 38.7 Å². The van der Waals surface area contributed by atoms with Gasteiger partial charge in [-0.15, -0.1) is 0 Å². The molecule has 1 aliphatic carbocycles. The first-order valence-corrected chi connectivity index (χ1v) is 5.40. The van der Waals surface area contributed by atoms with Crippen LogP contribution in [0.3, 0.4) is 0 Å². The zero-order valence-electron chi connectivity index (χ0n) is 8.72. The van der Waals surface area contributed by atoms with E-state index in [2.05, 4.69) is 4.99 Å². The van der Waals surface area contributed by atoms with E-state index in [9.17, 15) is 4.79 Å². The Kier molecular flexibility index (Phi) is 2.10. The summed E-state index contributed by atoms with van der Waals surface area (Å²) in [5.41, 5.74) is 1.38. The molecule has 0 radical (unpaired) electrons. The number of hydrogen-bond acceptors (Lipinski definition) is 3. The van der Waals surface area contributed by atoms with Crippen molar-refractivity contribution in [2.24, 2.45) is 10.9 Å². The molecule has 0 N–H and O–H groups in total. The SMILES string of the molecule is O=C1OC(C2CC2)=N/C1=C/c1ccccc1. The van der Waals surface area contributed by atoms with Crippen molar-refractivity contribution in [3.05, 3.63) is 41.6 Å². The van der Waals surface area contributed by atoms with Crippen molar-refractivity contribution >= 4 is 17.9 Å². The summed E-state index contributed by atoms with van der Waals surface area (Å²) >= 11 is 0. The first-order valence-electron chi connectivity index (χ1n) is 5.40. The predicted octanol–water partition coefficient (Wildman–Crippen LogP) is 2.39. The lowest BCUT2D eigenvalue weighted by atomic mass is 10.2. The van der Waals surface area contributed by atoms with Gasteiger partial charge in [-0.25, -0.2) is 9.79 Å². The van der Waals surface area contributed by atoms with Gasteiger partial charge in [0.25, 0.3) is 0 Å². The average Bonchev–Trinajstić information content (AvgIpc) is 3.07. The summed E-state index contributed by atoms with van der Waals surface area (Å²) in [4.78, 5) is 15.7. The molecular formula is C13H11NO2. The molecule has 1 aliphatic heterocycles. The molecule has 1 aromatic carbocycles. The van der Waals surface area contributed by atoms with Gasteiger partial charge in [0.2, 0.25) is 5.90 Å². The molecule has 3 nitrogen and oxygen atoms in total. The standard InChI is InChI=1S/C13H11NO2/c15-13-11(8-9-4-2-1-3-5-9)14-12(16-13)10-6-7-10/h1-5,8,10H,6-7H2/b11-8+. The predicted molar refractivity (Wildman–Crippen MR) is 60.7 cm³/mol. The van der Waals surface area contributed by atoms with E-state index in [1.165, 1.54) is 0 Å². The van der Waals surface area contributed by atoms with Gasteiger partial charge >= 0.3 is 5.97 Å². The second-order valence-corrected chi connectivity index (χ2v) is 4.05. The molecule has 0 spiro atoms. The van der Waals surface area contributed by atoms with Crippen LogP contribution in [0.5, 0.6) is 0 Å². The lowest BCUT2D eigenvalue weighted by Crippen LogP contribution is -2.05. The second kappa shape index (κ2) is 3.59. The third-order valence-electron chi connectivity index (χ3n) is 2.67. The molecule has 0 aromatic heterocycles. The quantitative estimate of drug-likeness (QED) is 0.559. The largest absolute Gasteiger partial charge is 0.406 e. The van der Waals surface area contributed by atoms with Gasteiger partial charge in [0.05, 0.1) is 0 Å². The van der Waals surface area contributed by atoms with Crippen LogP contribution in [-0.4, -0.2) is 11.9 Å². The maximum Gasteiger partial charge on any atom is 0.363 e. The summed E-state index contributed by atoms with van der Waals surface area (Å²) in [6.07, 6.45) is 3.94. The summed E-state index contributed by atoms with van der Waals surface area (Å²) < 4.78 is 5.11. The highest BCUT2D eigenvalue weighted by molar-refractivity contribution is 6.08. The van der Waals surface area contributed by atoms with Gasteiger partial charge in [-0.05, 0) is 24.5 Å². The van der Waals surface area contributed by atoms with E-state index in [0.717, 1.165) is 18.4 Å². The van der Waals surface area contributed by atoms with Crippen LogP contribution in [0.4, 0.5) is 0 Å². The van der Waals surface area contributed by atoms with E-state index in [0.29, 0.717) is 17.5 Å². The van der Waals surface area contributed by atoms with E-state index >= 15 is 0 Å². The van der Waals surface area contributed by atoms with Crippen LogP contribution >= 0.6 is 0 Å². The monoisotopic (exact) mass is 213 g/mol. The van der Waals surface area contributed by atoms with Crippen LogP contribution < -0.4 is 0 Å². The molecule has 0 unspecified atom stereocenters. The van der Waals surface area contributed by atoms with Crippen molar-refractivity contribution in [2.45, 2.75) is 12.8 Å². The fourth-order valence-corrected chi connectivity index (χ4v) is 1.64. The Hall–Kier alpha value is -1.90. The Bertz CT molecular complexity index is 484. The van der Waals surface area contributed by atoms with Crippen LogP contribution in [-0.2, 0) is 9.53 Å². The molecule has 16 heavy (non-hydrogen) atoms. The first-order chi connectivity index (χ1) is 7.83. The normalized spacial score (nSPS) is 22.1. The summed E-state index contributed by atoms with van der Waals surface area (Å²) in [6, 6.07) is 9.67. The lowest BCUT2D eigenvalue weighted by Gasteiger charge is -1.93. The molecule has 3 heteroatoms. The van der Waals surface area contributed by atoms with E-state index in [1.807, 2.05) is 30.3 Å². The molecular weight excluding hydrogens is 202 g/mol. The summed E-state index contributed by atoms with van der Waals surface area (Å²) in [5, 5.41) is 0. The number of ether oxygens (including phenoxy) is 1. The number of hydrogen-bond donors (Lipinski definition) is 0. The molecule has 0 atom stereocenters. The van der Waals surface area contributed by atoms with E-state index in [1.54, 1.807) is 6.08 Å². The lowest BCUT2D eigenvalue weighted by molar-refractivity contribution is -0.130. The van der Waals surface area contributed by atoms with Gasteiger partial charge < -0.3 is 4.74 Å². The van der Waals surface area contributed by atoms with Crippen LogP contribution in [0, 0.1) is 5.92 Å². The summed E-state index contributed by atoms with van der Waals surface area (Å²) in [7, 11) is 0. The molecule has 1 fully saturated rings. The van der Waals surface area contributed by atoms with Crippen molar-refractivity contribution in [2.75, 3.05) is 0 Å². The summed E-state index contributed by atoms with van der Waals surface area (Å²) in [6.45, 7) is 0. The van der Waals surface area contributed by atoms with Crippen LogP contribution in [0.25, 0.3) is 6.08 Å². The van der Waals surface area contributed by atoms with Gasteiger partial charge in [0.15, 0.2) is 5.70 Å². The van der Waals surface area contributed by atoms with Crippen molar-refractivity contribution in [3.63, 3.8) is 0 Å². The number of carbonyl (C=O) groups excluding carboxylic acids is 1. The minimum Gasteiger partial charge on any atom is -0.406 e. The van der Waals surface area contributed by atoms with E-state index < -0.39 is 0 Å². The van der Waals surface area contributed by atoms with Crippen molar-refractivity contribution in [1.82, 2.24) is 0 Å². The highest BCUT2D eigenvalue weighted by Crippen LogP contribution is 2.34. The number of aliphatic imine (C=N–C) groups is 1. The number of rotatable bonds is 2. The maximum absolute atomic E-state index is 11.5. The Morgan fingerprint density at radius 3 is 2.69 bits per heavy atom. The van der Waals surface area contributed by atoms with Crippen LogP contribution in [0.2, 0.25) is 0 Å². The fraction of sp³-hybridized carbons (Fsp3) is 0.231.